The predicted molar refractivity (Wildman–Crippen MR) is 51.9 cm³/mol. The van der Waals surface area contributed by atoms with Crippen LogP contribution < -0.4 is 5.48 Å². The zero-order valence-electron chi connectivity index (χ0n) is 7.97. The number of aliphatic carboxylic acids is 1. The number of hydrogen-bond donors (Lipinski definition) is 2. The third kappa shape index (κ3) is 4.78. The van der Waals surface area contributed by atoms with E-state index >= 15 is 0 Å². The van der Waals surface area contributed by atoms with Gasteiger partial charge in [0.2, 0.25) is 5.91 Å². The molecule has 0 bridgehead atoms. The molecule has 0 aliphatic carbocycles. The van der Waals surface area contributed by atoms with Crippen molar-refractivity contribution in [2.75, 3.05) is 6.61 Å². The maximum atomic E-state index is 11.2. The van der Waals surface area contributed by atoms with Crippen LogP contribution in [0, 0.1) is 0 Å². The molecule has 1 rings (SSSR count). The lowest BCUT2D eigenvalue weighted by Gasteiger charge is -2.03. The Morgan fingerprint density at radius 2 is 1.93 bits per heavy atom. The summed E-state index contributed by atoms with van der Waals surface area (Å²) >= 11 is 0. The lowest BCUT2D eigenvalue weighted by molar-refractivity contribution is -0.149. The summed E-state index contributed by atoms with van der Waals surface area (Å²) in [5.74, 6) is -1.50. The second-order valence-electron chi connectivity index (χ2n) is 2.87. The van der Waals surface area contributed by atoms with Gasteiger partial charge in [0, 0.05) is 0 Å². The van der Waals surface area contributed by atoms with Gasteiger partial charge in [-0.15, -0.1) is 0 Å². The molecule has 1 amide bonds. The number of hydroxylamine groups is 1. The second kappa shape index (κ2) is 5.77. The van der Waals surface area contributed by atoms with Crippen LogP contribution in [0.25, 0.3) is 0 Å². The molecule has 0 aliphatic rings. The van der Waals surface area contributed by atoms with Crippen molar-refractivity contribution in [1.29, 1.82) is 0 Å². The van der Waals surface area contributed by atoms with Crippen LogP contribution in [0.5, 0.6) is 0 Å². The maximum Gasteiger partial charge on any atom is 0.332 e. The molecule has 0 fully saturated rings. The van der Waals surface area contributed by atoms with E-state index in [1.807, 2.05) is 23.7 Å². The number of carbonyl (C=O) groups excluding carboxylic acids is 1. The maximum absolute atomic E-state index is 11.2. The van der Waals surface area contributed by atoms with E-state index in [9.17, 15) is 9.59 Å². The Balaban J connectivity index is 2.28. The summed E-state index contributed by atoms with van der Waals surface area (Å²) < 4.78 is 0. The van der Waals surface area contributed by atoms with Crippen LogP contribution in [0.1, 0.15) is 5.56 Å². The van der Waals surface area contributed by atoms with Crippen LogP contribution >= 0.6 is 0 Å². The van der Waals surface area contributed by atoms with E-state index in [0.29, 0.717) is 0 Å². The molecule has 0 spiro atoms. The molecular formula is C10H11NO4. The number of benzene rings is 1. The van der Waals surface area contributed by atoms with Crippen molar-refractivity contribution in [3.05, 3.63) is 35.9 Å². The molecule has 2 N–H and O–H groups in total. The van der Waals surface area contributed by atoms with Crippen LogP contribution in [0.4, 0.5) is 0 Å². The Hall–Kier alpha value is -1.88. The van der Waals surface area contributed by atoms with E-state index in [4.69, 9.17) is 5.11 Å². The highest BCUT2D eigenvalue weighted by Crippen LogP contribution is 1.98. The van der Waals surface area contributed by atoms with E-state index in [1.54, 1.807) is 12.1 Å². The van der Waals surface area contributed by atoms with E-state index in [1.165, 1.54) is 0 Å². The molecule has 5 heteroatoms. The van der Waals surface area contributed by atoms with E-state index in [0.717, 1.165) is 5.56 Å². The minimum Gasteiger partial charge on any atom is -0.479 e. The van der Waals surface area contributed by atoms with Gasteiger partial charge in [-0.3, -0.25) is 9.63 Å². The van der Waals surface area contributed by atoms with Gasteiger partial charge in [-0.2, -0.15) is 0 Å². The first kappa shape index (κ1) is 11.2. The first-order valence-corrected chi connectivity index (χ1v) is 4.35. The van der Waals surface area contributed by atoms with Crippen molar-refractivity contribution in [2.45, 2.75) is 6.42 Å². The van der Waals surface area contributed by atoms with Gasteiger partial charge in [0.05, 0.1) is 6.42 Å². The van der Waals surface area contributed by atoms with Crippen molar-refractivity contribution >= 4 is 11.9 Å². The molecule has 80 valence electrons. The molecule has 1 aromatic carbocycles. The van der Waals surface area contributed by atoms with Gasteiger partial charge in [-0.1, -0.05) is 30.3 Å². The molecule has 5 nitrogen and oxygen atoms in total. The predicted octanol–water partition coefficient (Wildman–Crippen LogP) is 0.361. The van der Waals surface area contributed by atoms with E-state index in [-0.39, 0.29) is 12.3 Å². The topological polar surface area (TPSA) is 75.6 Å². The molecule has 15 heavy (non-hydrogen) atoms. The van der Waals surface area contributed by atoms with Crippen LogP contribution in [0.15, 0.2) is 30.3 Å². The van der Waals surface area contributed by atoms with Crippen LogP contribution in [-0.2, 0) is 20.8 Å². The average molecular weight is 209 g/mol. The average Bonchev–Trinajstić information content (AvgIpc) is 2.18. The number of nitrogens with one attached hydrogen (secondary N) is 1. The molecule has 0 heterocycles. The van der Waals surface area contributed by atoms with Gasteiger partial charge in [0.1, 0.15) is 0 Å². The number of carboxylic acid groups (broad SMARTS) is 1. The molecular weight excluding hydrogens is 198 g/mol. The van der Waals surface area contributed by atoms with Gasteiger partial charge < -0.3 is 5.11 Å². The smallest absolute Gasteiger partial charge is 0.332 e. The van der Waals surface area contributed by atoms with Gasteiger partial charge in [-0.05, 0) is 5.56 Å². The van der Waals surface area contributed by atoms with Crippen molar-refractivity contribution in [3.8, 4) is 0 Å². The second-order valence-corrected chi connectivity index (χ2v) is 2.87. The zero-order valence-corrected chi connectivity index (χ0v) is 7.97. The fourth-order valence-electron chi connectivity index (χ4n) is 0.996. The molecule has 0 aliphatic heterocycles. The largest absolute Gasteiger partial charge is 0.479 e. The summed E-state index contributed by atoms with van der Waals surface area (Å²) in [6.45, 7) is -0.541. The van der Waals surface area contributed by atoms with Gasteiger partial charge in [-0.25, -0.2) is 10.3 Å². The Morgan fingerprint density at radius 1 is 1.27 bits per heavy atom. The molecule has 0 aromatic heterocycles. The summed E-state index contributed by atoms with van der Waals surface area (Å²) in [6.07, 6.45) is 0.167. The van der Waals surface area contributed by atoms with Gasteiger partial charge in [0.25, 0.3) is 0 Å². The third-order valence-electron chi connectivity index (χ3n) is 1.59. The Labute approximate surface area is 86.6 Å². The summed E-state index contributed by atoms with van der Waals surface area (Å²) in [5.41, 5.74) is 2.88. The molecule has 0 atom stereocenters. The van der Waals surface area contributed by atoms with Gasteiger partial charge >= 0.3 is 5.97 Å². The molecule has 1 aromatic rings. The molecule has 0 radical (unpaired) electrons. The fourth-order valence-corrected chi connectivity index (χ4v) is 0.996. The van der Waals surface area contributed by atoms with Crippen LogP contribution in [-0.4, -0.2) is 23.6 Å². The zero-order chi connectivity index (χ0) is 11.1. The summed E-state index contributed by atoms with van der Waals surface area (Å²) in [6, 6.07) is 9.09. The summed E-state index contributed by atoms with van der Waals surface area (Å²) in [7, 11) is 0. The highest BCUT2D eigenvalue weighted by molar-refractivity contribution is 5.77. The van der Waals surface area contributed by atoms with Crippen molar-refractivity contribution in [2.24, 2.45) is 0 Å². The van der Waals surface area contributed by atoms with Crippen molar-refractivity contribution in [1.82, 2.24) is 5.48 Å². The molecule has 0 saturated heterocycles. The normalized spacial score (nSPS) is 9.60. The first-order chi connectivity index (χ1) is 7.18. The number of rotatable bonds is 5. The third-order valence-corrected chi connectivity index (χ3v) is 1.59. The van der Waals surface area contributed by atoms with Crippen molar-refractivity contribution < 1.29 is 19.5 Å². The Bertz CT molecular complexity index is 337. The molecule has 0 unspecified atom stereocenters. The van der Waals surface area contributed by atoms with E-state index in [2.05, 4.69) is 4.84 Å². The Kier molecular flexibility index (Phi) is 4.30. The number of carbonyl (C=O) groups is 2. The van der Waals surface area contributed by atoms with Gasteiger partial charge in [0.15, 0.2) is 6.61 Å². The minimum atomic E-state index is -1.13. The lowest BCUT2D eigenvalue weighted by atomic mass is 10.1. The highest BCUT2D eigenvalue weighted by atomic mass is 16.7. The number of carboxylic acids is 1. The standard InChI is InChI=1S/C10H11NO4/c12-9(11-15-7-10(13)14)6-8-4-2-1-3-5-8/h1-5H,6-7H2,(H,11,12)(H,13,14). The van der Waals surface area contributed by atoms with E-state index < -0.39 is 12.6 Å². The fraction of sp³-hybridized carbons (Fsp3) is 0.200. The quantitative estimate of drug-likeness (QED) is 0.686. The van der Waals surface area contributed by atoms with Crippen LogP contribution in [0.3, 0.4) is 0 Å². The van der Waals surface area contributed by atoms with Crippen LogP contribution in [0.2, 0.25) is 0 Å². The number of hydrogen-bond acceptors (Lipinski definition) is 3. The first-order valence-electron chi connectivity index (χ1n) is 4.35. The van der Waals surface area contributed by atoms with Crippen molar-refractivity contribution in [3.63, 3.8) is 0 Å². The highest BCUT2D eigenvalue weighted by Gasteiger charge is 2.03. The number of amides is 1. The summed E-state index contributed by atoms with van der Waals surface area (Å²) in [5, 5.41) is 8.24. The lowest BCUT2D eigenvalue weighted by Crippen LogP contribution is -2.27. The monoisotopic (exact) mass is 209 g/mol. The SMILES string of the molecule is O=C(O)CONC(=O)Cc1ccccc1. The molecule has 0 saturated carbocycles. The Morgan fingerprint density at radius 3 is 2.53 bits per heavy atom. The minimum absolute atomic E-state index is 0.167. The summed E-state index contributed by atoms with van der Waals surface area (Å²) in [4.78, 5) is 25.7.